The fourth-order valence-corrected chi connectivity index (χ4v) is 5.04. The van der Waals surface area contributed by atoms with Crippen LogP contribution in [0.3, 0.4) is 0 Å². The molecule has 3 heterocycles. The fraction of sp³-hybridized carbons (Fsp3) is 0.261. The van der Waals surface area contributed by atoms with Crippen molar-refractivity contribution >= 4 is 56.4 Å². The van der Waals surface area contributed by atoms with Gasteiger partial charge in [0.05, 0.1) is 30.2 Å². The van der Waals surface area contributed by atoms with E-state index in [9.17, 15) is 9.59 Å². The summed E-state index contributed by atoms with van der Waals surface area (Å²) in [6, 6.07) is 15.1. The standard InChI is InChI=1S/C23H20BrN3O3S/c1-13-2-8-16(9-3-13)27-20(28)18-17-10-11-23(30-17,19(18)21(27)29)12-25-22(31)26-15-6-4-14(24)5-7-15/h2-11,17-19H,12H2,1H3,(H2,25,26,31)/t17-,18-,19+,23+/m1/s1. The van der Waals surface area contributed by atoms with Crippen molar-refractivity contribution in [1.29, 1.82) is 0 Å². The Balaban J connectivity index is 1.33. The number of ether oxygens (including phenoxy) is 1. The Kier molecular flexibility index (Phi) is 4.96. The lowest BCUT2D eigenvalue weighted by atomic mass is 9.77. The van der Waals surface area contributed by atoms with E-state index in [1.807, 2.05) is 67.6 Å². The molecule has 0 aliphatic carbocycles. The van der Waals surface area contributed by atoms with Crippen LogP contribution in [0.25, 0.3) is 0 Å². The molecule has 3 aliphatic rings. The average molecular weight is 498 g/mol. The summed E-state index contributed by atoms with van der Waals surface area (Å²) in [4.78, 5) is 27.8. The number of anilines is 2. The first-order valence-corrected chi connectivity index (χ1v) is 11.2. The minimum atomic E-state index is -0.896. The van der Waals surface area contributed by atoms with Crippen molar-refractivity contribution in [2.24, 2.45) is 11.8 Å². The highest BCUT2D eigenvalue weighted by atomic mass is 79.9. The summed E-state index contributed by atoms with van der Waals surface area (Å²) < 4.78 is 7.13. The summed E-state index contributed by atoms with van der Waals surface area (Å²) >= 11 is 8.83. The predicted molar refractivity (Wildman–Crippen MR) is 126 cm³/mol. The summed E-state index contributed by atoms with van der Waals surface area (Å²) in [5.74, 6) is -1.50. The molecule has 2 aromatic rings. The largest absolute Gasteiger partial charge is 0.360 e. The Morgan fingerprint density at radius 2 is 1.84 bits per heavy atom. The number of halogens is 1. The molecule has 2 aromatic carbocycles. The van der Waals surface area contributed by atoms with Gasteiger partial charge in [0, 0.05) is 10.2 Å². The van der Waals surface area contributed by atoms with Gasteiger partial charge < -0.3 is 15.4 Å². The van der Waals surface area contributed by atoms with Crippen molar-refractivity contribution in [3.8, 4) is 0 Å². The van der Waals surface area contributed by atoms with Crippen LogP contribution in [0.2, 0.25) is 0 Å². The molecule has 2 bridgehead atoms. The van der Waals surface area contributed by atoms with Gasteiger partial charge >= 0.3 is 0 Å². The SMILES string of the molecule is Cc1ccc(N2C(=O)[C@H]3[C@@H](C2=O)[C@@]2(CNC(=S)Nc4ccc(Br)cc4)C=C[C@H]3O2)cc1. The number of hydrogen-bond donors (Lipinski definition) is 2. The van der Waals surface area contributed by atoms with Crippen molar-refractivity contribution in [2.45, 2.75) is 18.6 Å². The average Bonchev–Trinajstić information content (AvgIpc) is 3.40. The predicted octanol–water partition coefficient (Wildman–Crippen LogP) is 3.56. The maximum atomic E-state index is 13.4. The third-order valence-corrected chi connectivity index (χ3v) is 6.85. The molecule has 5 rings (SSSR count). The number of carbonyl (C=O) groups is 2. The number of imide groups is 1. The number of nitrogens with zero attached hydrogens (tertiary/aromatic N) is 1. The number of hydrogen-bond acceptors (Lipinski definition) is 4. The van der Waals surface area contributed by atoms with Crippen molar-refractivity contribution in [3.63, 3.8) is 0 Å². The summed E-state index contributed by atoms with van der Waals surface area (Å²) in [5, 5.41) is 6.72. The third-order valence-electron chi connectivity index (χ3n) is 6.07. The highest BCUT2D eigenvalue weighted by Gasteiger charge is 2.67. The van der Waals surface area contributed by atoms with E-state index in [2.05, 4.69) is 26.6 Å². The lowest BCUT2D eigenvalue weighted by Gasteiger charge is -2.29. The number of benzene rings is 2. The van der Waals surface area contributed by atoms with E-state index in [1.54, 1.807) is 0 Å². The summed E-state index contributed by atoms with van der Waals surface area (Å²) in [6.45, 7) is 2.26. The maximum Gasteiger partial charge on any atom is 0.241 e. The number of carbonyl (C=O) groups excluding carboxylic acids is 2. The molecule has 2 saturated heterocycles. The van der Waals surface area contributed by atoms with Crippen LogP contribution in [-0.2, 0) is 14.3 Å². The first kappa shape index (κ1) is 20.4. The van der Waals surface area contributed by atoms with E-state index >= 15 is 0 Å². The first-order valence-electron chi connectivity index (χ1n) is 10.00. The van der Waals surface area contributed by atoms with Gasteiger partial charge in [-0.15, -0.1) is 0 Å². The van der Waals surface area contributed by atoms with E-state index in [4.69, 9.17) is 17.0 Å². The van der Waals surface area contributed by atoms with Crippen LogP contribution in [-0.4, -0.2) is 35.2 Å². The van der Waals surface area contributed by atoms with Gasteiger partial charge in [0.25, 0.3) is 0 Å². The number of aryl methyl sites for hydroxylation is 1. The smallest absolute Gasteiger partial charge is 0.241 e. The zero-order chi connectivity index (χ0) is 21.8. The van der Waals surface area contributed by atoms with Crippen LogP contribution in [0.15, 0.2) is 65.2 Å². The molecule has 4 atom stereocenters. The number of fused-ring (bicyclic) bond motifs is 5. The second kappa shape index (κ2) is 7.55. The van der Waals surface area contributed by atoms with Crippen molar-refractivity contribution < 1.29 is 14.3 Å². The van der Waals surface area contributed by atoms with Gasteiger partial charge in [-0.05, 0) is 55.5 Å². The van der Waals surface area contributed by atoms with Crippen molar-refractivity contribution in [1.82, 2.24) is 5.32 Å². The molecule has 2 amide bonds. The second-order valence-electron chi connectivity index (χ2n) is 8.06. The number of amides is 2. The minimum absolute atomic E-state index is 0.203. The third kappa shape index (κ3) is 3.39. The Hall–Kier alpha value is -2.55. The van der Waals surface area contributed by atoms with E-state index < -0.39 is 23.5 Å². The number of thiocarbonyl (C=S) groups is 1. The molecule has 2 N–H and O–H groups in total. The Morgan fingerprint density at radius 1 is 1.13 bits per heavy atom. The Morgan fingerprint density at radius 3 is 2.55 bits per heavy atom. The van der Waals surface area contributed by atoms with Gasteiger partial charge in [-0.3, -0.25) is 9.59 Å². The molecule has 0 spiro atoms. The molecule has 0 saturated carbocycles. The first-order chi connectivity index (χ1) is 14.9. The molecule has 0 unspecified atom stereocenters. The summed E-state index contributed by atoms with van der Waals surface area (Å²) in [5.41, 5.74) is 1.62. The monoisotopic (exact) mass is 497 g/mol. The molecule has 31 heavy (non-hydrogen) atoms. The Bertz CT molecular complexity index is 1100. The van der Waals surface area contributed by atoms with Crippen molar-refractivity contribution in [3.05, 3.63) is 70.7 Å². The van der Waals surface area contributed by atoms with Gasteiger partial charge in [-0.1, -0.05) is 45.8 Å². The second-order valence-corrected chi connectivity index (χ2v) is 9.39. The van der Waals surface area contributed by atoms with Gasteiger partial charge in [-0.2, -0.15) is 0 Å². The summed E-state index contributed by atoms with van der Waals surface area (Å²) in [6.07, 6.45) is 3.39. The van der Waals surface area contributed by atoms with Crippen LogP contribution < -0.4 is 15.5 Å². The van der Waals surface area contributed by atoms with E-state index in [1.165, 1.54) is 4.90 Å². The zero-order valence-electron chi connectivity index (χ0n) is 16.7. The molecule has 6 nitrogen and oxygen atoms in total. The molecular formula is C23H20BrN3O3S. The lowest BCUT2D eigenvalue weighted by Crippen LogP contribution is -2.49. The molecule has 8 heteroatoms. The minimum Gasteiger partial charge on any atom is -0.360 e. The van der Waals surface area contributed by atoms with Crippen LogP contribution in [0.1, 0.15) is 5.56 Å². The molecule has 2 fully saturated rings. The molecule has 0 aromatic heterocycles. The van der Waals surface area contributed by atoms with E-state index in [0.29, 0.717) is 17.3 Å². The lowest BCUT2D eigenvalue weighted by molar-refractivity contribution is -0.126. The number of nitrogens with one attached hydrogen (secondary N) is 2. The van der Waals surface area contributed by atoms with Gasteiger partial charge in [0.15, 0.2) is 5.11 Å². The molecule has 158 valence electrons. The highest BCUT2D eigenvalue weighted by molar-refractivity contribution is 9.10. The fourth-order valence-electron chi connectivity index (χ4n) is 4.58. The van der Waals surface area contributed by atoms with E-state index in [0.717, 1.165) is 15.7 Å². The summed E-state index contributed by atoms with van der Waals surface area (Å²) in [7, 11) is 0. The maximum absolute atomic E-state index is 13.4. The van der Waals surface area contributed by atoms with Gasteiger partial charge in [0.1, 0.15) is 5.60 Å². The number of rotatable bonds is 4. The molecular weight excluding hydrogens is 478 g/mol. The van der Waals surface area contributed by atoms with Crippen LogP contribution >= 0.6 is 28.1 Å². The molecule has 0 radical (unpaired) electrons. The van der Waals surface area contributed by atoms with Crippen LogP contribution in [0.5, 0.6) is 0 Å². The van der Waals surface area contributed by atoms with Crippen LogP contribution in [0.4, 0.5) is 11.4 Å². The quantitative estimate of drug-likeness (QED) is 0.382. The zero-order valence-corrected chi connectivity index (χ0v) is 19.1. The Labute approximate surface area is 193 Å². The van der Waals surface area contributed by atoms with Crippen LogP contribution in [0, 0.1) is 18.8 Å². The highest BCUT2D eigenvalue weighted by Crippen LogP contribution is 2.52. The van der Waals surface area contributed by atoms with Gasteiger partial charge in [-0.25, -0.2) is 4.90 Å². The topological polar surface area (TPSA) is 70.7 Å². The normalized spacial score (nSPS) is 28.2. The van der Waals surface area contributed by atoms with Gasteiger partial charge in [0.2, 0.25) is 11.8 Å². The molecule has 3 aliphatic heterocycles. The van der Waals surface area contributed by atoms with E-state index in [-0.39, 0.29) is 11.8 Å². The van der Waals surface area contributed by atoms with Crippen molar-refractivity contribution in [2.75, 3.05) is 16.8 Å².